The molecule has 0 aromatic carbocycles. The number of rotatable bonds is 9. The third-order valence-corrected chi connectivity index (χ3v) is 6.35. The molecule has 0 spiro atoms. The number of aliphatic imine (C=N–C) groups is 1. The van der Waals surface area contributed by atoms with E-state index < -0.39 is 6.36 Å². The quantitative estimate of drug-likeness (QED) is 0.366. The molecule has 3 N–H and O–H groups in total. The Morgan fingerprint density at radius 2 is 2.08 bits per heavy atom. The smallest absolute Gasteiger partial charge is 0.481 e. The summed E-state index contributed by atoms with van der Waals surface area (Å²) in [5.74, 6) is 0.531. The number of hydrogen-bond acceptors (Lipinski definition) is 7. The highest BCUT2D eigenvalue weighted by Crippen LogP contribution is 2.38. The first-order chi connectivity index (χ1) is 17.1. The van der Waals surface area contributed by atoms with Crippen LogP contribution in [0, 0.1) is 18.8 Å². The van der Waals surface area contributed by atoms with Gasteiger partial charge in [0.15, 0.2) is 0 Å². The highest BCUT2D eigenvalue weighted by atomic mass is 19.4. The molecule has 3 rings (SSSR count). The van der Waals surface area contributed by atoms with Gasteiger partial charge in [0.25, 0.3) is 0 Å². The van der Waals surface area contributed by atoms with Gasteiger partial charge in [-0.15, -0.1) is 13.2 Å². The lowest BCUT2D eigenvalue weighted by Crippen LogP contribution is -2.49. The second-order valence-electron chi connectivity index (χ2n) is 8.68. The number of hydrazine groups is 1. The zero-order valence-corrected chi connectivity index (χ0v) is 21.3. The standard InChI is InChI=1S/C25H35F3N6O2/c1-6-17(11-12-20(22(29)35-5)33-14-16(4)30-15-33)23-31-24-19(10-9-13-34(24)32-23)18(7-2)21(8-3)36-25(26,27)28/h7-8,11-12,14-15,17,19,24H,6,9-10,13,29H2,1-5H3,(H,31,32)/b12-11-,18-7-,21-8+,22-20-/t17?,19-,24?/m1/s1. The number of piperidine rings is 1. The largest absolute Gasteiger partial charge is 0.573 e. The zero-order chi connectivity index (χ0) is 26.5. The molecule has 1 fully saturated rings. The van der Waals surface area contributed by atoms with Crippen LogP contribution in [0.5, 0.6) is 0 Å². The SMILES string of the molecule is C/C=C(\C(=C/C)OC(F)(F)F)[C@H]1CCCN2NC(C(/C=C\C(=C(/N)OC)n3cnc(C)c3)CC)=NC12. The number of aromatic nitrogens is 2. The summed E-state index contributed by atoms with van der Waals surface area (Å²) in [5, 5.41) is 2.00. The number of imidazole rings is 1. The topological polar surface area (TPSA) is 89.9 Å². The van der Waals surface area contributed by atoms with Crippen molar-refractivity contribution in [2.45, 2.75) is 59.5 Å². The number of fused-ring (bicyclic) bond motifs is 1. The molecular formula is C25H35F3N6O2. The molecule has 1 aromatic heterocycles. The van der Waals surface area contributed by atoms with E-state index in [1.54, 1.807) is 30.8 Å². The van der Waals surface area contributed by atoms with Crippen LogP contribution in [0.4, 0.5) is 13.2 Å². The zero-order valence-electron chi connectivity index (χ0n) is 21.3. The Labute approximate surface area is 210 Å². The van der Waals surface area contributed by atoms with Crippen LogP contribution >= 0.6 is 0 Å². The van der Waals surface area contributed by atoms with E-state index in [-0.39, 0.29) is 29.6 Å². The van der Waals surface area contributed by atoms with E-state index in [1.165, 1.54) is 13.2 Å². The third-order valence-electron chi connectivity index (χ3n) is 6.35. The Kier molecular flexibility index (Phi) is 8.89. The lowest BCUT2D eigenvalue weighted by molar-refractivity contribution is -0.304. The first-order valence-corrected chi connectivity index (χ1v) is 12.0. The van der Waals surface area contributed by atoms with E-state index >= 15 is 0 Å². The first-order valence-electron chi connectivity index (χ1n) is 12.0. The molecule has 2 aliphatic rings. The number of amidine groups is 1. The predicted molar refractivity (Wildman–Crippen MR) is 133 cm³/mol. The summed E-state index contributed by atoms with van der Waals surface area (Å²) in [5.41, 5.74) is 11.5. The second-order valence-corrected chi connectivity index (χ2v) is 8.68. The minimum atomic E-state index is -4.76. The summed E-state index contributed by atoms with van der Waals surface area (Å²) >= 11 is 0. The van der Waals surface area contributed by atoms with E-state index in [4.69, 9.17) is 15.5 Å². The molecule has 2 unspecified atom stereocenters. The van der Waals surface area contributed by atoms with Gasteiger partial charge in [-0.1, -0.05) is 19.1 Å². The van der Waals surface area contributed by atoms with Gasteiger partial charge < -0.3 is 25.2 Å². The molecule has 1 aromatic rings. The molecule has 36 heavy (non-hydrogen) atoms. The van der Waals surface area contributed by atoms with Gasteiger partial charge in [0.1, 0.15) is 23.5 Å². The molecule has 8 nitrogen and oxygen atoms in total. The van der Waals surface area contributed by atoms with Crippen LogP contribution in [-0.4, -0.2) is 46.6 Å². The van der Waals surface area contributed by atoms with Crippen molar-refractivity contribution in [2.75, 3.05) is 13.7 Å². The number of methoxy groups -OCH3 is 1. The lowest BCUT2D eigenvalue weighted by Gasteiger charge is -2.36. The molecule has 0 saturated carbocycles. The average molecular weight is 509 g/mol. The van der Waals surface area contributed by atoms with Crippen molar-refractivity contribution < 1.29 is 22.6 Å². The number of allylic oxidation sites excluding steroid dienone is 5. The molecule has 3 atom stereocenters. The van der Waals surface area contributed by atoms with Gasteiger partial charge in [-0.3, -0.25) is 0 Å². The summed E-state index contributed by atoms with van der Waals surface area (Å²) in [6.45, 7) is 7.95. The fourth-order valence-electron chi connectivity index (χ4n) is 4.60. The van der Waals surface area contributed by atoms with Crippen LogP contribution in [0.2, 0.25) is 0 Å². The second kappa shape index (κ2) is 11.7. The Morgan fingerprint density at radius 1 is 1.33 bits per heavy atom. The highest BCUT2D eigenvalue weighted by Gasteiger charge is 2.41. The molecular weight excluding hydrogens is 473 g/mol. The summed E-state index contributed by atoms with van der Waals surface area (Å²) in [7, 11) is 1.51. The number of nitrogens with one attached hydrogen (secondary N) is 1. The number of halogens is 3. The molecule has 0 bridgehead atoms. The minimum absolute atomic E-state index is 0.0674. The number of ether oxygens (including phenoxy) is 2. The van der Waals surface area contributed by atoms with E-state index in [0.29, 0.717) is 17.7 Å². The highest BCUT2D eigenvalue weighted by molar-refractivity contribution is 5.87. The van der Waals surface area contributed by atoms with Crippen molar-refractivity contribution in [2.24, 2.45) is 22.6 Å². The Hall–Kier alpha value is -3.21. The number of aryl methyl sites for hydroxylation is 1. The van der Waals surface area contributed by atoms with E-state index in [2.05, 4.69) is 15.1 Å². The van der Waals surface area contributed by atoms with Crippen molar-refractivity contribution in [3.05, 3.63) is 59.7 Å². The maximum Gasteiger partial charge on any atom is 0.573 e. The van der Waals surface area contributed by atoms with Crippen molar-refractivity contribution in [1.29, 1.82) is 0 Å². The normalized spacial score (nSPS) is 23.2. The molecule has 198 valence electrons. The molecule has 0 aliphatic carbocycles. The summed E-state index contributed by atoms with van der Waals surface area (Å²) in [6, 6.07) is 0. The fraction of sp³-hybridized carbons (Fsp3) is 0.520. The van der Waals surface area contributed by atoms with Gasteiger partial charge in [-0.2, -0.15) is 5.01 Å². The first kappa shape index (κ1) is 27.4. The summed E-state index contributed by atoms with van der Waals surface area (Å²) in [6.07, 6.45) is 7.64. The molecule has 0 amide bonds. The number of nitrogens with two attached hydrogens (primary N) is 1. The van der Waals surface area contributed by atoms with E-state index in [0.717, 1.165) is 30.9 Å². The summed E-state index contributed by atoms with van der Waals surface area (Å²) < 4.78 is 50.4. The molecule has 2 aliphatic heterocycles. The van der Waals surface area contributed by atoms with Gasteiger partial charge in [0.2, 0.25) is 5.88 Å². The Morgan fingerprint density at radius 3 is 2.64 bits per heavy atom. The third kappa shape index (κ3) is 6.31. The van der Waals surface area contributed by atoms with Gasteiger partial charge in [-0.05, 0) is 57.8 Å². The van der Waals surface area contributed by atoms with Gasteiger partial charge in [0, 0.05) is 24.6 Å². The Balaban J connectivity index is 1.87. The number of hydrogen-bond donors (Lipinski definition) is 2. The molecule has 11 heteroatoms. The Bertz CT molecular complexity index is 1070. The van der Waals surface area contributed by atoms with E-state index in [1.807, 2.05) is 37.2 Å². The van der Waals surface area contributed by atoms with Gasteiger partial charge in [-0.25, -0.2) is 9.98 Å². The van der Waals surface area contributed by atoms with Crippen molar-refractivity contribution in [3.8, 4) is 0 Å². The number of alkyl halides is 3. The van der Waals surface area contributed by atoms with Crippen molar-refractivity contribution in [1.82, 2.24) is 20.0 Å². The lowest BCUT2D eigenvalue weighted by atomic mass is 9.86. The van der Waals surface area contributed by atoms with Crippen LogP contribution in [0.1, 0.15) is 45.7 Å². The minimum Gasteiger partial charge on any atom is -0.481 e. The van der Waals surface area contributed by atoms with Crippen LogP contribution in [-0.2, 0) is 9.47 Å². The van der Waals surface area contributed by atoms with Gasteiger partial charge in [0.05, 0.1) is 19.1 Å². The maximum absolute atomic E-state index is 13.0. The summed E-state index contributed by atoms with van der Waals surface area (Å²) in [4.78, 5) is 9.20. The number of nitrogens with zero attached hydrogens (tertiary/aromatic N) is 4. The van der Waals surface area contributed by atoms with Crippen LogP contribution in [0.3, 0.4) is 0 Å². The van der Waals surface area contributed by atoms with Crippen molar-refractivity contribution >= 4 is 11.5 Å². The maximum atomic E-state index is 13.0. The predicted octanol–water partition coefficient (Wildman–Crippen LogP) is 4.85. The molecule has 3 heterocycles. The molecule has 1 saturated heterocycles. The van der Waals surface area contributed by atoms with Gasteiger partial charge >= 0.3 is 6.36 Å². The van der Waals surface area contributed by atoms with Crippen LogP contribution in [0.15, 0.2) is 59.0 Å². The van der Waals surface area contributed by atoms with E-state index in [9.17, 15) is 13.2 Å². The molecule has 0 radical (unpaired) electrons. The van der Waals surface area contributed by atoms with Crippen LogP contribution in [0.25, 0.3) is 5.70 Å². The average Bonchev–Trinajstić information content (AvgIpc) is 3.47. The fourth-order valence-corrected chi connectivity index (χ4v) is 4.60. The monoisotopic (exact) mass is 508 g/mol. The van der Waals surface area contributed by atoms with Crippen LogP contribution < -0.4 is 11.2 Å². The van der Waals surface area contributed by atoms with Crippen molar-refractivity contribution in [3.63, 3.8) is 0 Å².